The molecule has 1 saturated heterocycles. The first kappa shape index (κ1) is 12.3. The molecule has 0 unspecified atom stereocenters. The molecule has 1 fully saturated rings. The number of epoxide rings is 1. The summed E-state index contributed by atoms with van der Waals surface area (Å²) in [6.07, 6.45) is 1.47. The lowest BCUT2D eigenvalue weighted by Crippen LogP contribution is -2.33. The Hall–Kier alpha value is -1.71. The molecule has 3 nitrogen and oxygen atoms in total. The molecule has 1 aromatic carbocycles. The molecule has 0 radical (unpaired) electrons. The molecule has 0 bridgehead atoms. The summed E-state index contributed by atoms with van der Waals surface area (Å²) < 4.78 is 5.93. The summed E-state index contributed by atoms with van der Waals surface area (Å²) in [5.74, 6) is 0. The van der Waals surface area contributed by atoms with Crippen molar-refractivity contribution in [3.63, 3.8) is 0 Å². The van der Waals surface area contributed by atoms with Crippen LogP contribution >= 0.6 is 0 Å². The third-order valence-corrected chi connectivity index (χ3v) is 3.51. The minimum absolute atomic E-state index is 0.280. The summed E-state index contributed by atoms with van der Waals surface area (Å²) in [5, 5.41) is 10.3. The number of pyridine rings is 1. The second kappa shape index (κ2) is 4.15. The monoisotopic (exact) mass is 255 g/mol. The first-order chi connectivity index (χ1) is 9.05. The number of aromatic nitrogens is 1. The van der Waals surface area contributed by atoms with E-state index in [4.69, 9.17) is 4.74 Å². The molecular weight excluding hydrogens is 238 g/mol. The third kappa shape index (κ3) is 1.95. The van der Waals surface area contributed by atoms with Gasteiger partial charge in [0.2, 0.25) is 0 Å². The summed E-state index contributed by atoms with van der Waals surface area (Å²) in [4.78, 5) is 4.42. The molecule has 19 heavy (non-hydrogen) atoms. The summed E-state index contributed by atoms with van der Waals surface area (Å²) >= 11 is 0. The lowest BCUT2D eigenvalue weighted by Gasteiger charge is -2.19. The first-order valence-electron chi connectivity index (χ1n) is 6.42. The van der Waals surface area contributed by atoms with Gasteiger partial charge in [-0.1, -0.05) is 36.4 Å². The highest BCUT2D eigenvalue weighted by atomic mass is 16.6. The predicted molar refractivity (Wildman–Crippen MR) is 72.6 cm³/mol. The normalized spacial score (nSPS) is 26.2. The van der Waals surface area contributed by atoms with Crippen molar-refractivity contribution in [1.29, 1.82) is 0 Å². The smallest absolute Gasteiger partial charge is 0.164 e. The van der Waals surface area contributed by atoms with Crippen molar-refractivity contribution < 1.29 is 9.84 Å². The molecule has 0 saturated carbocycles. The van der Waals surface area contributed by atoms with Crippen LogP contribution in [0.3, 0.4) is 0 Å². The van der Waals surface area contributed by atoms with E-state index in [0.717, 1.165) is 11.3 Å². The second-order valence-corrected chi connectivity index (χ2v) is 5.47. The van der Waals surface area contributed by atoms with Crippen molar-refractivity contribution in [3.05, 3.63) is 66.0 Å². The fourth-order valence-electron chi connectivity index (χ4n) is 2.62. The van der Waals surface area contributed by atoms with Crippen LogP contribution in [0.4, 0.5) is 0 Å². The number of ether oxygens (including phenoxy) is 1. The maximum Gasteiger partial charge on any atom is 0.164 e. The number of nitrogens with zero attached hydrogens (tertiary/aromatic N) is 1. The molecule has 1 aliphatic heterocycles. The molecule has 0 spiro atoms. The second-order valence-electron chi connectivity index (χ2n) is 5.47. The topological polar surface area (TPSA) is 45.6 Å². The van der Waals surface area contributed by atoms with Gasteiger partial charge in [0.25, 0.3) is 0 Å². The van der Waals surface area contributed by atoms with Crippen molar-refractivity contribution in [2.24, 2.45) is 0 Å². The van der Waals surface area contributed by atoms with Crippen LogP contribution in [-0.4, -0.2) is 21.8 Å². The molecule has 2 atom stereocenters. The minimum Gasteiger partial charge on any atom is -0.388 e. The van der Waals surface area contributed by atoms with Crippen LogP contribution in [0, 0.1) is 0 Å². The quantitative estimate of drug-likeness (QED) is 0.857. The molecule has 1 N–H and O–H groups in total. The number of hydrogen-bond acceptors (Lipinski definition) is 3. The van der Waals surface area contributed by atoms with Gasteiger partial charge in [-0.05, 0) is 31.5 Å². The molecule has 2 aromatic rings. The maximum absolute atomic E-state index is 10.3. The Morgan fingerprint density at radius 1 is 1.11 bits per heavy atom. The molecular formula is C16H17NO2. The van der Waals surface area contributed by atoms with Gasteiger partial charge in [0.15, 0.2) is 5.60 Å². The zero-order valence-corrected chi connectivity index (χ0v) is 11.1. The molecule has 0 amide bonds. The van der Waals surface area contributed by atoms with E-state index >= 15 is 0 Å². The van der Waals surface area contributed by atoms with Crippen LogP contribution in [0.25, 0.3) is 0 Å². The van der Waals surface area contributed by atoms with Crippen molar-refractivity contribution >= 4 is 0 Å². The van der Waals surface area contributed by atoms with Gasteiger partial charge < -0.3 is 9.84 Å². The van der Waals surface area contributed by atoms with E-state index in [1.54, 1.807) is 20.0 Å². The standard InChI is InChI=1S/C16H17NO2/c1-15(2,18)14-16(19-14,12-8-4-3-5-9-12)13-10-6-7-11-17-13/h3-11,14,18H,1-2H3/t14-,16+/m0/s1. The maximum atomic E-state index is 10.3. The van der Waals surface area contributed by atoms with Crippen LogP contribution in [0.5, 0.6) is 0 Å². The first-order valence-corrected chi connectivity index (χ1v) is 6.42. The van der Waals surface area contributed by atoms with Crippen LogP contribution < -0.4 is 0 Å². The zero-order valence-electron chi connectivity index (χ0n) is 11.1. The number of hydrogen-bond donors (Lipinski definition) is 1. The number of benzene rings is 1. The number of aliphatic hydroxyl groups is 1. The average Bonchev–Trinajstić information content (AvgIpc) is 3.18. The SMILES string of the molecule is CC(C)(O)[C@@H]1O[C@]1(c1ccccc1)c1ccccn1. The van der Waals surface area contributed by atoms with Gasteiger partial charge in [-0.3, -0.25) is 4.98 Å². The van der Waals surface area contributed by atoms with Crippen LogP contribution in [0.15, 0.2) is 54.7 Å². The van der Waals surface area contributed by atoms with Gasteiger partial charge in [-0.25, -0.2) is 0 Å². The zero-order chi connectivity index (χ0) is 13.5. The highest BCUT2D eigenvalue weighted by Crippen LogP contribution is 2.54. The van der Waals surface area contributed by atoms with Gasteiger partial charge >= 0.3 is 0 Å². The Morgan fingerprint density at radius 3 is 2.32 bits per heavy atom. The van der Waals surface area contributed by atoms with Crippen molar-refractivity contribution in [1.82, 2.24) is 4.98 Å². The molecule has 3 rings (SSSR count). The van der Waals surface area contributed by atoms with Gasteiger partial charge in [-0.15, -0.1) is 0 Å². The van der Waals surface area contributed by atoms with Crippen molar-refractivity contribution in [2.45, 2.75) is 31.2 Å². The van der Waals surface area contributed by atoms with Crippen LogP contribution in [-0.2, 0) is 10.3 Å². The largest absolute Gasteiger partial charge is 0.388 e. The molecule has 2 heterocycles. The lowest BCUT2D eigenvalue weighted by atomic mass is 9.85. The van der Waals surface area contributed by atoms with Gasteiger partial charge in [0.1, 0.15) is 6.10 Å². The Balaban J connectivity index is 2.10. The predicted octanol–water partition coefficient (Wildman–Crippen LogP) is 2.49. The van der Waals surface area contributed by atoms with Gasteiger partial charge in [-0.2, -0.15) is 0 Å². The number of rotatable bonds is 3. The van der Waals surface area contributed by atoms with E-state index in [9.17, 15) is 5.11 Å². The van der Waals surface area contributed by atoms with E-state index in [1.807, 2.05) is 48.5 Å². The van der Waals surface area contributed by atoms with E-state index in [0.29, 0.717) is 0 Å². The van der Waals surface area contributed by atoms with Crippen molar-refractivity contribution in [2.75, 3.05) is 0 Å². The molecule has 1 aromatic heterocycles. The minimum atomic E-state index is -0.909. The summed E-state index contributed by atoms with van der Waals surface area (Å²) in [6, 6.07) is 15.7. The Bertz CT molecular complexity index is 521. The third-order valence-electron chi connectivity index (χ3n) is 3.51. The van der Waals surface area contributed by atoms with Crippen LogP contribution in [0.1, 0.15) is 25.1 Å². The van der Waals surface area contributed by atoms with Gasteiger partial charge in [0.05, 0.1) is 11.3 Å². The molecule has 0 aliphatic carbocycles. The van der Waals surface area contributed by atoms with Crippen LogP contribution in [0.2, 0.25) is 0 Å². The lowest BCUT2D eigenvalue weighted by molar-refractivity contribution is 0.0482. The van der Waals surface area contributed by atoms with Gasteiger partial charge in [0, 0.05) is 6.20 Å². The highest BCUT2D eigenvalue weighted by Gasteiger charge is 2.65. The summed E-state index contributed by atoms with van der Waals surface area (Å²) in [7, 11) is 0. The molecule has 1 aliphatic rings. The Morgan fingerprint density at radius 2 is 1.79 bits per heavy atom. The Kier molecular flexibility index (Phi) is 2.69. The molecule has 98 valence electrons. The molecule has 3 heteroatoms. The Labute approximate surface area is 112 Å². The van der Waals surface area contributed by atoms with E-state index in [1.165, 1.54) is 0 Å². The van der Waals surface area contributed by atoms with E-state index in [2.05, 4.69) is 4.98 Å². The van der Waals surface area contributed by atoms with Crippen molar-refractivity contribution in [3.8, 4) is 0 Å². The highest BCUT2D eigenvalue weighted by molar-refractivity contribution is 5.41. The van der Waals surface area contributed by atoms with E-state index < -0.39 is 11.2 Å². The fraction of sp³-hybridized carbons (Fsp3) is 0.312. The summed E-state index contributed by atoms with van der Waals surface area (Å²) in [6.45, 7) is 3.54. The fourth-order valence-corrected chi connectivity index (χ4v) is 2.62. The summed E-state index contributed by atoms with van der Waals surface area (Å²) in [5.41, 5.74) is 0.336. The average molecular weight is 255 g/mol. The van der Waals surface area contributed by atoms with E-state index in [-0.39, 0.29) is 6.10 Å².